The summed E-state index contributed by atoms with van der Waals surface area (Å²) >= 11 is 0. The molecular weight excluding hydrogens is 675 g/mol. The largest absolute Gasteiger partial charge is 0.475 e. The van der Waals surface area contributed by atoms with Gasteiger partial charge in [0.1, 0.15) is 18.2 Å². The van der Waals surface area contributed by atoms with Gasteiger partial charge in [0.2, 0.25) is 11.8 Å². The van der Waals surface area contributed by atoms with Gasteiger partial charge < -0.3 is 14.5 Å². The van der Waals surface area contributed by atoms with Crippen LogP contribution in [0.2, 0.25) is 0 Å². The Kier molecular flexibility index (Phi) is 8.71. The predicted octanol–water partition coefficient (Wildman–Crippen LogP) is 6.93. The van der Waals surface area contributed by atoms with E-state index in [1.54, 1.807) is 18.2 Å². The van der Waals surface area contributed by atoms with Crippen LogP contribution in [-0.4, -0.2) is 70.9 Å². The quantitative estimate of drug-likeness (QED) is 0.216. The van der Waals surface area contributed by atoms with E-state index in [-0.39, 0.29) is 53.2 Å². The second kappa shape index (κ2) is 13.1. The fraction of sp³-hybridized carbons (Fsp3) is 0.475. The first kappa shape index (κ1) is 34.5. The lowest BCUT2D eigenvalue weighted by Crippen LogP contribution is -2.56. The molecule has 4 aliphatic rings. The van der Waals surface area contributed by atoms with Gasteiger partial charge in [0, 0.05) is 48.4 Å². The Balaban J connectivity index is 1.18. The summed E-state index contributed by atoms with van der Waals surface area (Å²) in [6.45, 7) is 8.42. The summed E-state index contributed by atoms with van der Waals surface area (Å²) in [7, 11) is -2.04. The smallest absolute Gasteiger partial charge is 0.264 e. The minimum absolute atomic E-state index is 0.0466. The molecule has 4 aromatic rings. The molecule has 0 radical (unpaired) electrons. The maximum Gasteiger partial charge on any atom is 0.264 e. The number of benzene rings is 2. The van der Waals surface area contributed by atoms with Gasteiger partial charge in [0.25, 0.3) is 15.9 Å². The summed E-state index contributed by atoms with van der Waals surface area (Å²) in [5.74, 6) is 1.70. The molecule has 11 nitrogen and oxygen atoms in total. The van der Waals surface area contributed by atoms with E-state index in [0.717, 1.165) is 41.2 Å². The van der Waals surface area contributed by atoms with Crippen LogP contribution < -0.4 is 14.4 Å². The summed E-state index contributed by atoms with van der Waals surface area (Å²) in [5.41, 5.74) is 4.29. The zero-order valence-corrected chi connectivity index (χ0v) is 31.4. The molecular formula is C40H47N7O4S. The van der Waals surface area contributed by atoms with Gasteiger partial charge in [-0.3, -0.25) is 4.79 Å². The van der Waals surface area contributed by atoms with E-state index >= 15 is 0 Å². The number of carbonyl (C=O) groups is 1. The highest BCUT2D eigenvalue weighted by atomic mass is 32.2. The number of fused-ring (bicyclic) bond motifs is 4. The molecule has 1 N–H and O–H groups in total. The predicted molar refractivity (Wildman–Crippen MR) is 200 cm³/mol. The molecule has 2 aromatic heterocycles. The lowest BCUT2D eigenvalue weighted by molar-refractivity contribution is 0.0204. The monoisotopic (exact) mass is 721 g/mol. The number of aromatic nitrogens is 4. The molecule has 2 aromatic carbocycles. The van der Waals surface area contributed by atoms with Crippen molar-refractivity contribution in [2.75, 3.05) is 23.3 Å². The van der Waals surface area contributed by atoms with E-state index in [4.69, 9.17) is 14.7 Å². The molecule has 2 unspecified atom stereocenters. The summed E-state index contributed by atoms with van der Waals surface area (Å²) < 4.78 is 36.7. The number of carbonyl (C=O) groups excluding carboxylic acids is 1. The molecule has 3 atom stereocenters. The number of aryl methyl sites for hydroxylation is 2. The van der Waals surface area contributed by atoms with Gasteiger partial charge >= 0.3 is 0 Å². The van der Waals surface area contributed by atoms with E-state index in [0.29, 0.717) is 29.1 Å². The van der Waals surface area contributed by atoms with Crippen molar-refractivity contribution in [3.05, 3.63) is 83.3 Å². The molecule has 3 heterocycles. The number of nitrogens with zero attached hydrogens (tertiary/aromatic N) is 6. The topological polar surface area (TPSA) is 131 Å². The Morgan fingerprint density at radius 2 is 1.75 bits per heavy atom. The lowest BCUT2D eigenvalue weighted by atomic mass is 9.76. The first-order valence-electron chi connectivity index (χ1n) is 18.5. The molecule has 272 valence electrons. The Bertz CT molecular complexity index is 2110. The maximum atomic E-state index is 14.8. The van der Waals surface area contributed by atoms with Crippen molar-refractivity contribution in [3.8, 4) is 17.1 Å². The zero-order chi connectivity index (χ0) is 36.4. The van der Waals surface area contributed by atoms with Crippen LogP contribution in [0.3, 0.4) is 0 Å². The van der Waals surface area contributed by atoms with Crippen LogP contribution in [-0.2, 0) is 10.0 Å². The summed E-state index contributed by atoms with van der Waals surface area (Å²) in [5, 5.41) is 0. The maximum absolute atomic E-state index is 14.8. The number of hydrogen-bond donors (Lipinski definition) is 1. The van der Waals surface area contributed by atoms with Crippen LogP contribution in [0.4, 0.5) is 11.8 Å². The number of hydrogen-bond acceptors (Lipinski definition) is 9. The van der Waals surface area contributed by atoms with Crippen LogP contribution >= 0.6 is 0 Å². The van der Waals surface area contributed by atoms with Crippen LogP contribution in [0.5, 0.6) is 5.88 Å². The summed E-state index contributed by atoms with van der Waals surface area (Å²) in [6.07, 6.45) is 9.25. The SMILES string of the molecule is Cc1cccc(C)c1-c1cc2nc(n1)NS(=O)(=O)c1cccc(c1)C(=O)N(C1CCC1c1nccc(N(C)C3CC4(CC4)C3)n1)[C@H](CC(C)C)CO2. The highest BCUT2D eigenvalue weighted by molar-refractivity contribution is 7.92. The first-order valence-corrected chi connectivity index (χ1v) is 20.0. The molecule has 3 fully saturated rings. The highest BCUT2D eigenvalue weighted by Crippen LogP contribution is 2.62. The normalized spacial score (nSPS) is 23.3. The van der Waals surface area contributed by atoms with Crippen molar-refractivity contribution in [1.82, 2.24) is 24.8 Å². The first-order chi connectivity index (χ1) is 24.9. The number of ether oxygens (including phenoxy) is 1. The molecule has 12 heteroatoms. The van der Waals surface area contributed by atoms with Crippen LogP contribution in [0, 0.1) is 25.2 Å². The lowest BCUT2D eigenvalue weighted by Gasteiger charge is -2.47. The van der Waals surface area contributed by atoms with Gasteiger partial charge in [-0.05, 0) is 106 Å². The Morgan fingerprint density at radius 3 is 2.44 bits per heavy atom. The number of nitrogens with one attached hydrogen (secondary N) is 1. The van der Waals surface area contributed by atoms with E-state index in [1.807, 2.05) is 49.2 Å². The fourth-order valence-corrected chi connectivity index (χ4v) is 9.42. The third-order valence-electron chi connectivity index (χ3n) is 11.6. The third-order valence-corrected chi connectivity index (χ3v) is 13.0. The van der Waals surface area contributed by atoms with Gasteiger partial charge in [-0.1, -0.05) is 38.1 Å². The number of amides is 1. The minimum atomic E-state index is -4.16. The van der Waals surface area contributed by atoms with Crippen molar-refractivity contribution >= 4 is 27.7 Å². The van der Waals surface area contributed by atoms with Crippen LogP contribution in [0.1, 0.15) is 92.0 Å². The van der Waals surface area contributed by atoms with Crippen LogP contribution in [0.25, 0.3) is 11.3 Å². The number of anilines is 2. The van der Waals surface area contributed by atoms with Gasteiger partial charge in [0.15, 0.2) is 0 Å². The second-order valence-electron chi connectivity index (χ2n) is 15.8. The summed E-state index contributed by atoms with van der Waals surface area (Å²) in [6, 6.07) is 15.9. The van der Waals surface area contributed by atoms with Crippen molar-refractivity contribution in [2.24, 2.45) is 11.3 Å². The van der Waals surface area contributed by atoms with E-state index in [2.05, 4.69) is 40.5 Å². The Morgan fingerprint density at radius 1 is 1.00 bits per heavy atom. The standard InChI is InChI=1S/C40H47N7O4S/c1-24(2)18-28-23-51-35-20-32(36-25(3)8-6-9-26(36)4)42-39(44-35)45-52(49,50)30-11-7-10-27(19-30)38(48)47(28)33-13-12-31(33)37-41-17-14-34(43-37)46(5)29-21-40(22-29)15-16-40/h6-11,14,17,19-20,24,28-29,31,33H,12-13,15-16,18,21-23H2,1-5H3,(H,42,44,45)/t28-,31?,33?/m1/s1. The Hall–Kier alpha value is -4.58. The molecule has 8 rings (SSSR count). The average Bonchev–Trinajstić information content (AvgIpc) is 3.88. The molecule has 1 spiro atoms. The number of sulfonamides is 1. The van der Waals surface area contributed by atoms with Crippen molar-refractivity contribution < 1.29 is 17.9 Å². The van der Waals surface area contributed by atoms with Crippen molar-refractivity contribution in [1.29, 1.82) is 0 Å². The van der Waals surface area contributed by atoms with Gasteiger partial charge in [-0.15, -0.1) is 0 Å². The minimum Gasteiger partial charge on any atom is -0.475 e. The average molecular weight is 722 g/mol. The second-order valence-corrected chi connectivity index (χ2v) is 17.5. The molecule has 4 bridgehead atoms. The summed E-state index contributed by atoms with van der Waals surface area (Å²) in [4.78, 5) is 38.0. The van der Waals surface area contributed by atoms with E-state index in [9.17, 15) is 13.2 Å². The van der Waals surface area contributed by atoms with Crippen molar-refractivity contribution in [2.45, 2.75) is 102 Å². The van der Waals surface area contributed by atoms with Crippen LogP contribution in [0.15, 0.2) is 65.7 Å². The Labute approximate surface area is 306 Å². The third kappa shape index (κ3) is 6.50. The van der Waals surface area contributed by atoms with E-state index < -0.39 is 10.0 Å². The molecule has 1 aliphatic heterocycles. The molecule has 0 saturated heterocycles. The van der Waals surface area contributed by atoms with Gasteiger partial charge in [-0.2, -0.15) is 4.98 Å². The number of rotatable bonds is 7. The highest BCUT2D eigenvalue weighted by Gasteiger charge is 2.54. The van der Waals surface area contributed by atoms with Crippen molar-refractivity contribution in [3.63, 3.8) is 0 Å². The molecule has 3 aliphatic carbocycles. The van der Waals surface area contributed by atoms with Gasteiger partial charge in [-0.25, -0.2) is 28.1 Å². The molecule has 3 saturated carbocycles. The van der Waals surface area contributed by atoms with Gasteiger partial charge in [0.05, 0.1) is 16.6 Å². The fourth-order valence-electron chi connectivity index (χ4n) is 8.43. The van der Waals surface area contributed by atoms with E-state index in [1.165, 1.54) is 37.8 Å². The zero-order valence-electron chi connectivity index (χ0n) is 30.5. The molecule has 52 heavy (non-hydrogen) atoms. The molecule has 1 amide bonds.